The molecular formula is C35H36N2O5. The zero-order valence-corrected chi connectivity index (χ0v) is 24.5. The van der Waals surface area contributed by atoms with E-state index in [4.69, 9.17) is 14.2 Å². The van der Waals surface area contributed by atoms with Crippen molar-refractivity contribution >= 4 is 28.3 Å². The number of rotatable bonds is 12. The first kappa shape index (κ1) is 30.1. The highest BCUT2D eigenvalue weighted by atomic mass is 16.5. The molecule has 0 saturated heterocycles. The Bertz CT molecular complexity index is 1600. The van der Waals surface area contributed by atoms with Gasteiger partial charge in [0.15, 0.2) is 0 Å². The van der Waals surface area contributed by atoms with E-state index in [2.05, 4.69) is 43.2 Å². The lowest BCUT2D eigenvalue weighted by molar-refractivity contribution is -0.115. The summed E-state index contributed by atoms with van der Waals surface area (Å²) in [6.07, 6.45) is 8.17. The molecule has 0 atom stereocenters. The monoisotopic (exact) mass is 564 g/mol. The van der Waals surface area contributed by atoms with Crippen molar-refractivity contribution in [3.8, 4) is 17.4 Å². The Labute approximate surface area is 246 Å². The maximum Gasteiger partial charge on any atom is 0.339 e. The number of methoxy groups -OCH3 is 1. The van der Waals surface area contributed by atoms with Crippen molar-refractivity contribution in [3.63, 3.8) is 0 Å². The van der Waals surface area contributed by atoms with Crippen LogP contribution in [-0.4, -0.2) is 30.6 Å². The molecule has 1 N–H and O–H groups in total. The summed E-state index contributed by atoms with van der Waals surface area (Å²) in [5.41, 5.74) is 4.07. The molecule has 0 spiro atoms. The minimum absolute atomic E-state index is 0.0917. The molecule has 0 fully saturated rings. The molecule has 7 heteroatoms. The minimum atomic E-state index is -0.513. The van der Waals surface area contributed by atoms with E-state index < -0.39 is 5.97 Å². The van der Waals surface area contributed by atoms with Crippen LogP contribution in [0, 0.1) is 0 Å². The fourth-order valence-corrected chi connectivity index (χ4v) is 4.28. The summed E-state index contributed by atoms with van der Waals surface area (Å²) in [7, 11) is 1.30. The van der Waals surface area contributed by atoms with Crippen molar-refractivity contribution in [2.24, 2.45) is 0 Å². The summed E-state index contributed by atoms with van der Waals surface area (Å²) in [4.78, 5) is 28.9. The smallest absolute Gasteiger partial charge is 0.339 e. The number of carbonyl (C=O) groups excluding carboxylic acids is 2. The van der Waals surface area contributed by atoms with Gasteiger partial charge in [0.25, 0.3) is 0 Å². The summed E-state index contributed by atoms with van der Waals surface area (Å²) in [6, 6.07) is 22.0. The Morgan fingerprint density at radius 1 is 0.881 bits per heavy atom. The number of anilines is 1. The first-order chi connectivity index (χ1) is 20.3. The lowest BCUT2D eigenvalue weighted by Gasteiger charge is -2.10. The average molecular weight is 565 g/mol. The van der Waals surface area contributed by atoms with Gasteiger partial charge in [0, 0.05) is 12.3 Å². The fourth-order valence-electron chi connectivity index (χ4n) is 4.28. The average Bonchev–Trinajstić information content (AvgIpc) is 2.98. The summed E-state index contributed by atoms with van der Waals surface area (Å²) in [5, 5.41) is 4.83. The molecule has 0 unspecified atom stereocenters. The number of aromatic nitrogens is 1. The normalized spacial score (nSPS) is 11.1. The third-order valence-corrected chi connectivity index (χ3v) is 6.55. The number of hydrogen-bond donors (Lipinski definition) is 1. The number of nitrogens with zero attached hydrogens (tertiary/aromatic N) is 1. The minimum Gasteiger partial charge on any atom is -0.490 e. The van der Waals surface area contributed by atoms with Gasteiger partial charge in [0.05, 0.1) is 24.8 Å². The predicted octanol–water partition coefficient (Wildman–Crippen LogP) is 8.07. The number of ether oxygens (including phenoxy) is 3. The molecule has 4 rings (SSSR count). The van der Waals surface area contributed by atoms with Crippen LogP contribution in [0.3, 0.4) is 0 Å². The van der Waals surface area contributed by atoms with E-state index in [1.165, 1.54) is 18.3 Å². The van der Waals surface area contributed by atoms with Gasteiger partial charge in [-0.2, -0.15) is 0 Å². The highest BCUT2D eigenvalue weighted by Gasteiger charge is 2.14. The zero-order chi connectivity index (χ0) is 29.9. The standard InChI is InChI=1S/C35H36N2O5/c1-24(2)8-7-9-25(3)18-19-41-29-15-13-28-22-30(16-14-27(28)21-29)42-34-17-12-26(23-36-34)20-33(38)37-32-11-6-5-10-31(32)35(39)40-4/h5-6,8,10-18,21-23H,7,9,19-20H2,1-4H3,(H,37,38)/b25-18+. The Morgan fingerprint density at radius 2 is 1.62 bits per heavy atom. The van der Waals surface area contributed by atoms with Crippen LogP contribution in [-0.2, 0) is 16.0 Å². The molecule has 1 aromatic heterocycles. The molecule has 0 aliphatic rings. The third-order valence-electron chi connectivity index (χ3n) is 6.55. The van der Waals surface area contributed by atoms with Crippen molar-refractivity contribution in [2.45, 2.75) is 40.0 Å². The fraction of sp³-hybridized carbons (Fsp3) is 0.229. The van der Waals surface area contributed by atoms with Crippen LogP contribution in [0.1, 0.15) is 49.5 Å². The molecule has 7 nitrogen and oxygen atoms in total. The van der Waals surface area contributed by atoms with Gasteiger partial charge in [-0.15, -0.1) is 0 Å². The molecule has 216 valence electrons. The Kier molecular flexibility index (Phi) is 10.5. The number of allylic oxidation sites excluding steroid dienone is 3. The van der Waals surface area contributed by atoms with Crippen LogP contribution in [0.2, 0.25) is 0 Å². The first-order valence-corrected chi connectivity index (χ1v) is 13.9. The number of benzene rings is 3. The van der Waals surface area contributed by atoms with Crippen molar-refractivity contribution in [3.05, 3.63) is 113 Å². The third kappa shape index (κ3) is 8.80. The maximum atomic E-state index is 12.6. The van der Waals surface area contributed by atoms with Crippen molar-refractivity contribution in [1.29, 1.82) is 0 Å². The number of carbonyl (C=O) groups is 2. The molecule has 1 amide bonds. The van der Waals surface area contributed by atoms with Gasteiger partial charge in [-0.3, -0.25) is 4.79 Å². The Morgan fingerprint density at radius 3 is 2.33 bits per heavy atom. The van der Waals surface area contributed by atoms with E-state index >= 15 is 0 Å². The number of amides is 1. The molecule has 0 saturated carbocycles. The lowest BCUT2D eigenvalue weighted by Crippen LogP contribution is -2.17. The molecular weight excluding hydrogens is 528 g/mol. The van der Waals surface area contributed by atoms with Crippen LogP contribution < -0.4 is 14.8 Å². The van der Waals surface area contributed by atoms with E-state index in [-0.39, 0.29) is 12.3 Å². The van der Waals surface area contributed by atoms with Gasteiger partial charge in [-0.1, -0.05) is 47.6 Å². The molecule has 0 aliphatic carbocycles. The number of nitrogens with one attached hydrogen (secondary N) is 1. The zero-order valence-electron chi connectivity index (χ0n) is 24.5. The Balaban J connectivity index is 1.31. The number of hydrogen-bond acceptors (Lipinski definition) is 6. The molecule has 42 heavy (non-hydrogen) atoms. The van der Waals surface area contributed by atoms with Crippen molar-refractivity contribution in [2.75, 3.05) is 19.0 Å². The first-order valence-electron chi connectivity index (χ1n) is 13.9. The summed E-state index contributed by atoms with van der Waals surface area (Å²) in [5.74, 6) is 1.11. The van der Waals surface area contributed by atoms with E-state index in [1.54, 1.807) is 42.6 Å². The van der Waals surface area contributed by atoms with Gasteiger partial charge in [-0.25, -0.2) is 9.78 Å². The number of fused-ring (bicyclic) bond motifs is 1. The molecule has 0 aliphatic heterocycles. The van der Waals surface area contributed by atoms with Crippen molar-refractivity contribution < 1.29 is 23.8 Å². The van der Waals surface area contributed by atoms with Gasteiger partial charge < -0.3 is 19.5 Å². The van der Waals surface area contributed by atoms with E-state index in [1.807, 2.05) is 36.4 Å². The number of para-hydroxylation sites is 1. The highest BCUT2D eigenvalue weighted by molar-refractivity contribution is 6.01. The predicted molar refractivity (Wildman–Crippen MR) is 166 cm³/mol. The van der Waals surface area contributed by atoms with Crippen molar-refractivity contribution in [1.82, 2.24) is 4.98 Å². The summed E-state index contributed by atoms with van der Waals surface area (Å²) < 4.78 is 16.7. The van der Waals surface area contributed by atoms with Crippen LogP contribution in [0.5, 0.6) is 17.4 Å². The quantitative estimate of drug-likeness (QED) is 0.138. The molecule has 4 aromatic rings. The van der Waals surface area contributed by atoms with E-state index in [0.717, 1.165) is 29.4 Å². The highest BCUT2D eigenvalue weighted by Crippen LogP contribution is 2.28. The van der Waals surface area contributed by atoms with E-state index in [0.29, 0.717) is 35.1 Å². The van der Waals surface area contributed by atoms with Gasteiger partial charge in [0.1, 0.15) is 18.1 Å². The second-order valence-corrected chi connectivity index (χ2v) is 10.2. The second-order valence-electron chi connectivity index (χ2n) is 10.2. The summed E-state index contributed by atoms with van der Waals surface area (Å²) >= 11 is 0. The van der Waals surface area contributed by atoms with E-state index in [9.17, 15) is 9.59 Å². The number of esters is 1. The lowest BCUT2D eigenvalue weighted by atomic mass is 10.1. The SMILES string of the molecule is COC(=O)c1ccccc1NC(=O)Cc1ccc(Oc2ccc3cc(OC/C=C(\C)CCC=C(C)C)ccc3c2)nc1. The van der Waals surface area contributed by atoms with Crippen LogP contribution >= 0.6 is 0 Å². The van der Waals surface area contributed by atoms with Gasteiger partial charge >= 0.3 is 5.97 Å². The second kappa shape index (κ2) is 14.6. The van der Waals surface area contributed by atoms with Gasteiger partial charge in [0.2, 0.25) is 11.8 Å². The van der Waals surface area contributed by atoms with Crippen LogP contribution in [0.4, 0.5) is 5.69 Å². The van der Waals surface area contributed by atoms with Crippen LogP contribution in [0.25, 0.3) is 10.8 Å². The number of pyridine rings is 1. The topological polar surface area (TPSA) is 86.8 Å². The molecule has 0 bridgehead atoms. The largest absolute Gasteiger partial charge is 0.490 e. The molecule has 3 aromatic carbocycles. The summed E-state index contributed by atoms with van der Waals surface area (Å²) in [6.45, 7) is 6.92. The van der Waals surface area contributed by atoms with Gasteiger partial charge in [-0.05, 0) is 92.4 Å². The molecule has 1 heterocycles. The maximum absolute atomic E-state index is 12.6. The Hall–Kier alpha value is -4.91. The van der Waals surface area contributed by atoms with Crippen LogP contribution in [0.15, 0.2) is 102 Å². The molecule has 0 radical (unpaired) electrons.